The van der Waals surface area contributed by atoms with Crippen molar-refractivity contribution < 1.29 is 24.7 Å². The van der Waals surface area contributed by atoms with Gasteiger partial charge in [-0.1, -0.05) is 48.5 Å². The average molecular weight is 899 g/mol. The van der Waals surface area contributed by atoms with E-state index in [4.69, 9.17) is 24.7 Å². The molecule has 10 rings (SSSR count). The Morgan fingerprint density at radius 2 is 0.742 bits per heavy atom. The highest BCUT2D eigenvalue weighted by Crippen LogP contribution is 2.52. The van der Waals surface area contributed by atoms with Crippen molar-refractivity contribution in [3.05, 3.63) is 144 Å². The van der Waals surface area contributed by atoms with Crippen molar-refractivity contribution in [1.82, 2.24) is 0 Å². The van der Waals surface area contributed by atoms with Crippen LogP contribution in [0.2, 0.25) is 0 Å². The molecule has 0 N–H and O–H groups in total. The van der Waals surface area contributed by atoms with Crippen LogP contribution in [0, 0.1) is 27.7 Å². The Morgan fingerprint density at radius 1 is 0.439 bits per heavy atom. The molecule has 0 spiro atoms. The van der Waals surface area contributed by atoms with E-state index in [0.29, 0.717) is 28.4 Å². The molecule has 0 amide bonds. The van der Waals surface area contributed by atoms with Gasteiger partial charge in [-0.2, -0.15) is 0 Å². The Kier molecular flexibility index (Phi) is 7.43. The summed E-state index contributed by atoms with van der Waals surface area (Å²) >= 11 is 0. The second-order valence-corrected chi connectivity index (χ2v) is 17.6. The minimum Gasteiger partial charge on any atom is -0.350 e. The molecule has 4 aliphatic rings. The van der Waals surface area contributed by atoms with Gasteiger partial charge in [-0.15, -0.1) is 0 Å². The number of para-hydroxylation sites is 8. The molecule has 0 radical (unpaired) electrons. The second kappa shape index (κ2) is 17.5. The molecule has 8 nitrogen and oxygen atoms in total. The minimum absolute atomic E-state index is 0.305. The summed E-state index contributed by atoms with van der Waals surface area (Å²) in [6.07, 6.45) is -2.36. The van der Waals surface area contributed by atoms with Gasteiger partial charge in [0.1, 0.15) is 24.7 Å². The molecular formula is C58H72N8. The monoisotopic (exact) mass is 899 g/mol. The van der Waals surface area contributed by atoms with Gasteiger partial charge in [-0.3, -0.25) is 0 Å². The van der Waals surface area contributed by atoms with Crippen LogP contribution in [0.3, 0.4) is 0 Å². The van der Waals surface area contributed by atoms with E-state index in [0.717, 1.165) is 62.1 Å². The molecule has 0 fully saturated rings. The van der Waals surface area contributed by atoms with Gasteiger partial charge in [-0.05, 0) is 192 Å². The summed E-state index contributed by atoms with van der Waals surface area (Å²) in [6, 6.07) is 32.6. The van der Waals surface area contributed by atoms with Gasteiger partial charge < -0.3 is 39.2 Å². The number of nitrogens with zero attached hydrogens (tertiary/aromatic N) is 8. The number of fused-ring (bicyclic) bond motifs is 4. The minimum atomic E-state index is -3.17. The first kappa shape index (κ1) is 28.0. The van der Waals surface area contributed by atoms with E-state index in [1.165, 1.54) is 16.7 Å². The van der Waals surface area contributed by atoms with Crippen LogP contribution in [0.5, 0.6) is 0 Å². The fourth-order valence-electron chi connectivity index (χ4n) is 10.8. The molecule has 0 bridgehead atoms. The van der Waals surface area contributed by atoms with E-state index in [2.05, 4.69) is 11.0 Å². The molecule has 66 heavy (non-hydrogen) atoms. The first-order valence-corrected chi connectivity index (χ1v) is 22.6. The molecule has 5 atom stereocenters. The zero-order valence-corrected chi connectivity index (χ0v) is 39.4. The van der Waals surface area contributed by atoms with Crippen molar-refractivity contribution in [3.63, 3.8) is 0 Å². The molecule has 0 aliphatic carbocycles. The topological polar surface area (TPSA) is 25.9 Å². The quantitative estimate of drug-likeness (QED) is 0.149. The Bertz CT molecular complexity index is 3470. The summed E-state index contributed by atoms with van der Waals surface area (Å²) in [4.78, 5) is 14.0. The summed E-state index contributed by atoms with van der Waals surface area (Å²) in [6.45, 7) is 2.18. The molecule has 4 aliphatic heterocycles. The maximum absolute atomic E-state index is 9.04. The van der Waals surface area contributed by atoms with Crippen LogP contribution >= 0.6 is 0 Å². The fourth-order valence-corrected chi connectivity index (χ4v) is 10.8. The number of benzene rings is 6. The van der Waals surface area contributed by atoms with E-state index in [1.807, 2.05) is 142 Å². The number of hydrogen-bond acceptors (Lipinski definition) is 8. The third-order valence-electron chi connectivity index (χ3n) is 13.6. The molecule has 6 aromatic carbocycles. The smallest absolute Gasteiger partial charge is 0.104 e. The summed E-state index contributed by atoms with van der Waals surface area (Å²) < 4.78 is 150. The van der Waals surface area contributed by atoms with Gasteiger partial charge in [0.05, 0.1) is 48.2 Å². The van der Waals surface area contributed by atoms with Crippen LogP contribution < -0.4 is 39.2 Å². The lowest BCUT2D eigenvalue weighted by Gasteiger charge is -2.36. The summed E-state index contributed by atoms with van der Waals surface area (Å²) in [5.41, 5.74) is 11.9. The van der Waals surface area contributed by atoms with Crippen LogP contribution in [-0.4, -0.2) is 49.7 Å². The van der Waals surface area contributed by atoms with Gasteiger partial charge in [0.2, 0.25) is 0 Å². The molecule has 6 aromatic rings. The Hall–Kier alpha value is -6.28. The van der Waals surface area contributed by atoms with Crippen LogP contribution in [0.15, 0.2) is 121 Å². The molecular weight excluding hydrogens is 809 g/mol. The van der Waals surface area contributed by atoms with Gasteiger partial charge in [0.15, 0.2) is 0 Å². The van der Waals surface area contributed by atoms with Gasteiger partial charge >= 0.3 is 0 Å². The van der Waals surface area contributed by atoms with Crippen molar-refractivity contribution in [2.45, 2.75) is 133 Å². The van der Waals surface area contributed by atoms with E-state index in [1.54, 1.807) is 60.0 Å². The Morgan fingerprint density at radius 3 is 1.09 bits per heavy atom. The van der Waals surface area contributed by atoms with E-state index >= 15 is 0 Å². The third kappa shape index (κ3) is 7.10. The van der Waals surface area contributed by atoms with E-state index in [-0.39, 0.29) is 6.17 Å². The Balaban J connectivity index is 0.000000204. The lowest BCUT2D eigenvalue weighted by atomic mass is 10.0. The van der Waals surface area contributed by atoms with Crippen molar-refractivity contribution in [2.24, 2.45) is 0 Å². The van der Waals surface area contributed by atoms with E-state index < -0.39 is 70.9 Å². The molecule has 0 aromatic heterocycles. The highest BCUT2D eigenvalue weighted by molar-refractivity contribution is 5.92. The predicted octanol–water partition coefficient (Wildman–Crippen LogP) is 14.7. The number of aryl methyl sites for hydroxylation is 2. The number of anilines is 12. The lowest BCUT2D eigenvalue weighted by molar-refractivity contribution is 0.603. The normalized spacial score (nSPS) is 25.8. The third-order valence-corrected chi connectivity index (χ3v) is 13.6. The first-order chi connectivity index (χ1) is 38.6. The highest BCUT2D eigenvalue weighted by atomic mass is 15.5. The number of hydrogen-bond donors (Lipinski definition) is 0. The maximum Gasteiger partial charge on any atom is 0.104 e. The van der Waals surface area contributed by atoms with Gasteiger partial charge in [0, 0.05) is 69.7 Å². The average Bonchev–Trinajstić information content (AvgIpc) is 1.59. The standard InChI is InChI=1S/C30H38N4.C28H34N4/c1-19(2)31-23(7)33(27-15-11-9-13-25(27)31)29-17-21(5)18-30(22(29)6)34-24(8)32(20(3)4)26-14-10-12-16-28(26)34;1-7-29-21(5)31(25-15-11-9-13-23(25)29)27-17-19(3)18-28(20(27)4)32-22(6)30(8-2)24-14-10-12-16-26(24)32/h9-20,23-24H,1-8H3;9-18,21-22H,7-8H2,1-6H3/t23-,24+;21-,22+/i1D3,2D3,3D3,19D,20D;1D3,7D2,8D2/t20?,23-,24+;m/m00/s1. The van der Waals surface area contributed by atoms with Crippen LogP contribution in [-0.2, 0) is 0 Å². The fraction of sp³-hybridized carbons (Fsp3) is 0.379. The lowest BCUT2D eigenvalue weighted by Crippen LogP contribution is -2.43. The highest BCUT2D eigenvalue weighted by Gasteiger charge is 2.40. The zero-order valence-electron chi connectivity index (χ0n) is 57.4. The Labute approximate surface area is 421 Å². The van der Waals surface area contributed by atoms with Gasteiger partial charge in [-0.25, -0.2) is 0 Å². The van der Waals surface area contributed by atoms with Crippen molar-refractivity contribution in [2.75, 3.05) is 52.2 Å². The predicted molar refractivity (Wildman–Crippen MR) is 285 cm³/mol. The van der Waals surface area contributed by atoms with Crippen LogP contribution in [0.1, 0.15) is 116 Å². The summed E-state index contributed by atoms with van der Waals surface area (Å²) in [5.74, 6) is 0. The van der Waals surface area contributed by atoms with E-state index in [9.17, 15) is 0 Å². The summed E-state index contributed by atoms with van der Waals surface area (Å²) in [5, 5.41) is 0. The molecule has 0 saturated heterocycles. The molecule has 0 saturated carbocycles. The van der Waals surface area contributed by atoms with Gasteiger partial charge in [0.25, 0.3) is 0 Å². The van der Waals surface area contributed by atoms with Crippen LogP contribution in [0.4, 0.5) is 68.2 Å². The largest absolute Gasteiger partial charge is 0.350 e. The second-order valence-electron chi connectivity index (χ2n) is 17.6. The first-order valence-electron chi connectivity index (χ1n) is 31.6. The van der Waals surface area contributed by atoms with Crippen LogP contribution in [0.25, 0.3) is 0 Å². The molecule has 8 heteroatoms. The molecule has 344 valence electrons. The molecule has 1 unspecified atom stereocenters. The van der Waals surface area contributed by atoms with Crippen molar-refractivity contribution in [3.8, 4) is 0 Å². The number of rotatable bonds is 8. The SMILES string of the molecule is [2H]C([2H])(C)N1c2ccccc2N(c2cc(C)cc(N3c4ccccc4N(C([2H])([2H])C([2H])([2H])[2H])[C@@H]3C)c2C)[C@@H]1C.[2H]C([2H])([2H])C([2H])(C)N1c2ccccc2N(c2cc(C)cc(N3c4ccccc4N(C([2H])(C([2H])([2H])[2H])C([2H])([2H])[2H])[C@@H]3C)c2C)[C@@H]1C. The van der Waals surface area contributed by atoms with Crippen molar-refractivity contribution in [1.29, 1.82) is 0 Å². The zero-order chi connectivity index (χ0) is 62.3. The maximum atomic E-state index is 9.04. The molecule has 4 heterocycles. The van der Waals surface area contributed by atoms with Crippen molar-refractivity contribution >= 4 is 68.2 Å². The summed E-state index contributed by atoms with van der Waals surface area (Å²) in [7, 11) is 0.